The highest BCUT2D eigenvalue weighted by Crippen LogP contribution is 2.13. The molecule has 2 nitrogen and oxygen atoms in total. The molecule has 1 fully saturated rings. The molecular weight excluding hydrogens is 193 g/mol. The molecular formula is C12H26FNO. The molecule has 0 N–H and O–H groups in total. The molecule has 3 heteroatoms. The van der Waals surface area contributed by atoms with Gasteiger partial charge in [-0.3, -0.25) is 0 Å². The van der Waals surface area contributed by atoms with Crippen LogP contribution >= 0.6 is 0 Å². The van der Waals surface area contributed by atoms with Crippen molar-refractivity contribution in [2.24, 2.45) is 0 Å². The SMILES string of the molecule is CC.CCCOC1CCN(CCF)CC1. The quantitative estimate of drug-likeness (QED) is 0.705. The highest BCUT2D eigenvalue weighted by atomic mass is 19.1. The Labute approximate surface area is 93.8 Å². The lowest BCUT2D eigenvalue weighted by molar-refractivity contribution is 0.00699. The van der Waals surface area contributed by atoms with Crippen molar-refractivity contribution in [3.63, 3.8) is 0 Å². The minimum atomic E-state index is -0.222. The molecule has 0 aromatic heterocycles. The monoisotopic (exact) mass is 219 g/mol. The number of ether oxygens (including phenoxy) is 1. The van der Waals surface area contributed by atoms with Crippen LogP contribution in [0.15, 0.2) is 0 Å². The molecule has 0 unspecified atom stereocenters. The fraction of sp³-hybridized carbons (Fsp3) is 1.00. The highest BCUT2D eigenvalue weighted by Gasteiger charge is 2.18. The van der Waals surface area contributed by atoms with Gasteiger partial charge in [0.25, 0.3) is 0 Å². The van der Waals surface area contributed by atoms with Crippen molar-refractivity contribution in [2.45, 2.75) is 46.1 Å². The fourth-order valence-corrected chi connectivity index (χ4v) is 1.70. The average molecular weight is 219 g/mol. The second kappa shape index (κ2) is 10.4. The van der Waals surface area contributed by atoms with Gasteiger partial charge in [0.1, 0.15) is 6.67 Å². The number of nitrogens with zero attached hydrogens (tertiary/aromatic N) is 1. The lowest BCUT2D eigenvalue weighted by Gasteiger charge is -2.31. The van der Waals surface area contributed by atoms with E-state index in [2.05, 4.69) is 11.8 Å². The number of hydrogen-bond donors (Lipinski definition) is 0. The Kier molecular flexibility index (Phi) is 10.3. The smallest absolute Gasteiger partial charge is 0.102 e. The van der Waals surface area contributed by atoms with Gasteiger partial charge in [0.15, 0.2) is 0 Å². The number of alkyl halides is 1. The predicted octanol–water partition coefficient (Wildman–Crippen LogP) is 2.87. The number of likely N-dealkylation sites (tertiary alicyclic amines) is 1. The average Bonchev–Trinajstić information content (AvgIpc) is 2.31. The lowest BCUT2D eigenvalue weighted by atomic mass is 10.1. The van der Waals surface area contributed by atoms with E-state index in [1.54, 1.807) is 0 Å². The van der Waals surface area contributed by atoms with Crippen molar-refractivity contribution in [3.8, 4) is 0 Å². The summed E-state index contributed by atoms with van der Waals surface area (Å²) in [4.78, 5) is 2.17. The summed E-state index contributed by atoms with van der Waals surface area (Å²) in [5.74, 6) is 0. The summed E-state index contributed by atoms with van der Waals surface area (Å²) in [7, 11) is 0. The van der Waals surface area contributed by atoms with Crippen LogP contribution in [0.1, 0.15) is 40.0 Å². The van der Waals surface area contributed by atoms with Crippen LogP contribution in [-0.4, -0.2) is 43.9 Å². The van der Waals surface area contributed by atoms with Gasteiger partial charge in [-0.15, -0.1) is 0 Å². The van der Waals surface area contributed by atoms with Crippen LogP contribution in [0.5, 0.6) is 0 Å². The predicted molar refractivity (Wildman–Crippen MR) is 63.0 cm³/mol. The van der Waals surface area contributed by atoms with Gasteiger partial charge >= 0.3 is 0 Å². The maximum absolute atomic E-state index is 12.0. The molecule has 0 bridgehead atoms. The van der Waals surface area contributed by atoms with Crippen molar-refractivity contribution in [3.05, 3.63) is 0 Å². The van der Waals surface area contributed by atoms with E-state index in [-0.39, 0.29) is 6.67 Å². The van der Waals surface area contributed by atoms with E-state index in [0.29, 0.717) is 12.6 Å². The largest absolute Gasteiger partial charge is 0.378 e. The molecule has 0 aromatic carbocycles. The molecule has 0 radical (unpaired) electrons. The molecule has 0 amide bonds. The standard InChI is InChI=1S/C10H20FNO.C2H6/c1-2-9-13-10-3-6-12(7-4-10)8-5-11;1-2/h10H,2-9H2,1H3;1-2H3. The third-order valence-electron chi connectivity index (χ3n) is 2.49. The van der Waals surface area contributed by atoms with Crippen molar-refractivity contribution in [1.82, 2.24) is 4.90 Å². The van der Waals surface area contributed by atoms with E-state index in [0.717, 1.165) is 39.0 Å². The van der Waals surface area contributed by atoms with Crippen LogP contribution in [-0.2, 0) is 4.74 Å². The van der Waals surface area contributed by atoms with Crippen LogP contribution in [0.4, 0.5) is 4.39 Å². The zero-order valence-electron chi connectivity index (χ0n) is 10.5. The summed E-state index contributed by atoms with van der Waals surface area (Å²) in [5.41, 5.74) is 0. The summed E-state index contributed by atoms with van der Waals surface area (Å²) in [6.45, 7) is 9.36. The molecule has 0 aliphatic carbocycles. The first-order valence-corrected chi connectivity index (χ1v) is 6.26. The Bertz CT molecular complexity index is 125. The summed E-state index contributed by atoms with van der Waals surface area (Å²) in [5, 5.41) is 0. The number of hydrogen-bond acceptors (Lipinski definition) is 2. The molecule has 1 rings (SSSR count). The van der Waals surface area contributed by atoms with Gasteiger partial charge in [-0.1, -0.05) is 20.8 Å². The van der Waals surface area contributed by atoms with Gasteiger partial charge in [0.2, 0.25) is 0 Å². The second-order valence-electron chi connectivity index (χ2n) is 3.60. The van der Waals surface area contributed by atoms with Crippen LogP contribution < -0.4 is 0 Å². The van der Waals surface area contributed by atoms with Gasteiger partial charge in [-0.05, 0) is 19.3 Å². The molecule has 0 spiro atoms. The van der Waals surface area contributed by atoms with Gasteiger partial charge in [-0.25, -0.2) is 4.39 Å². The minimum absolute atomic E-state index is 0.222. The van der Waals surface area contributed by atoms with Gasteiger partial charge in [0.05, 0.1) is 6.10 Å². The first kappa shape index (κ1) is 14.8. The summed E-state index contributed by atoms with van der Waals surface area (Å²) < 4.78 is 17.6. The summed E-state index contributed by atoms with van der Waals surface area (Å²) >= 11 is 0. The van der Waals surface area contributed by atoms with E-state index in [1.165, 1.54) is 0 Å². The van der Waals surface area contributed by atoms with E-state index >= 15 is 0 Å². The fourth-order valence-electron chi connectivity index (χ4n) is 1.70. The first-order valence-electron chi connectivity index (χ1n) is 6.26. The zero-order valence-corrected chi connectivity index (χ0v) is 10.5. The van der Waals surface area contributed by atoms with Gasteiger partial charge < -0.3 is 9.64 Å². The Hall–Kier alpha value is -0.150. The van der Waals surface area contributed by atoms with E-state index < -0.39 is 0 Å². The molecule has 92 valence electrons. The van der Waals surface area contributed by atoms with Crippen molar-refractivity contribution >= 4 is 0 Å². The molecule has 15 heavy (non-hydrogen) atoms. The van der Waals surface area contributed by atoms with E-state index in [1.807, 2.05) is 13.8 Å². The Morgan fingerprint density at radius 2 is 1.87 bits per heavy atom. The van der Waals surface area contributed by atoms with E-state index in [4.69, 9.17) is 4.74 Å². The molecule has 1 aliphatic heterocycles. The molecule has 0 aromatic rings. The minimum Gasteiger partial charge on any atom is -0.378 e. The van der Waals surface area contributed by atoms with Crippen LogP contribution in [0.25, 0.3) is 0 Å². The van der Waals surface area contributed by atoms with Crippen molar-refractivity contribution in [1.29, 1.82) is 0 Å². The van der Waals surface area contributed by atoms with Crippen LogP contribution in [0.2, 0.25) is 0 Å². The maximum atomic E-state index is 12.0. The third kappa shape index (κ3) is 6.85. The molecule has 0 saturated carbocycles. The highest BCUT2D eigenvalue weighted by molar-refractivity contribution is 4.72. The summed E-state index contributed by atoms with van der Waals surface area (Å²) in [6.07, 6.45) is 3.65. The summed E-state index contributed by atoms with van der Waals surface area (Å²) in [6, 6.07) is 0. The van der Waals surface area contributed by atoms with Crippen LogP contribution in [0, 0.1) is 0 Å². The second-order valence-corrected chi connectivity index (χ2v) is 3.60. The number of piperidine rings is 1. The number of halogens is 1. The molecule has 1 saturated heterocycles. The lowest BCUT2D eigenvalue weighted by Crippen LogP contribution is -2.38. The van der Waals surface area contributed by atoms with E-state index in [9.17, 15) is 4.39 Å². The maximum Gasteiger partial charge on any atom is 0.102 e. The number of rotatable bonds is 5. The first-order chi connectivity index (χ1) is 7.36. The Morgan fingerprint density at radius 1 is 1.27 bits per heavy atom. The third-order valence-corrected chi connectivity index (χ3v) is 2.49. The van der Waals surface area contributed by atoms with Crippen molar-refractivity contribution < 1.29 is 9.13 Å². The van der Waals surface area contributed by atoms with Crippen LogP contribution in [0.3, 0.4) is 0 Å². The molecule has 1 aliphatic rings. The van der Waals surface area contributed by atoms with Gasteiger partial charge in [0, 0.05) is 26.2 Å². The zero-order chi connectivity index (χ0) is 11.5. The molecule has 0 atom stereocenters. The van der Waals surface area contributed by atoms with Crippen molar-refractivity contribution in [2.75, 3.05) is 32.9 Å². The Balaban J connectivity index is 0.000000921. The van der Waals surface area contributed by atoms with Gasteiger partial charge in [-0.2, -0.15) is 0 Å². The normalized spacial score (nSPS) is 18.4. The Morgan fingerprint density at radius 3 is 2.33 bits per heavy atom. The molecule has 1 heterocycles. The topological polar surface area (TPSA) is 12.5 Å².